The van der Waals surface area contributed by atoms with Crippen LogP contribution in [0.2, 0.25) is 0 Å². The molecule has 0 bridgehead atoms. The van der Waals surface area contributed by atoms with Crippen LogP contribution in [-0.2, 0) is 14.8 Å². The molecule has 0 atom stereocenters. The van der Waals surface area contributed by atoms with E-state index >= 15 is 0 Å². The Balaban J connectivity index is 2.02. The highest BCUT2D eigenvalue weighted by Gasteiger charge is 2.26. The molecule has 0 radical (unpaired) electrons. The summed E-state index contributed by atoms with van der Waals surface area (Å²) in [4.78, 5) is 15.0. The number of benzene rings is 1. The summed E-state index contributed by atoms with van der Waals surface area (Å²) in [6, 6.07) is 7.23. The lowest BCUT2D eigenvalue weighted by Crippen LogP contribution is -2.43. The number of amides is 1. The summed E-state index contributed by atoms with van der Waals surface area (Å²) in [5.41, 5.74) is 0.619. The molecule has 27 heavy (non-hydrogen) atoms. The second-order valence-corrected chi connectivity index (χ2v) is 9.30. The Morgan fingerprint density at radius 1 is 1.11 bits per heavy atom. The molecule has 7 heteroatoms. The number of carbonyl (C=O) groups is 1. The van der Waals surface area contributed by atoms with Gasteiger partial charge < -0.3 is 5.32 Å². The van der Waals surface area contributed by atoms with Crippen molar-refractivity contribution < 1.29 is 13.2 Å². The van der Waals surface area contributed by atoms with Gasteiger partial charge in [0.15, 0.2) is 0 Å². The first-order valence-corrected chi connectivity index (χ1v) is 11.4. The lowest BCUT2D eigenvalue weighted by Gasteiger charge is -2.31. The third-order valence-corrected chi connectivity index (χ3v) is 7.33. The molecule has 0 saturated heterocycles. The van der Waals surface area contributed by atoms with Crippen molar-refractivity contribution in [2.75, 3.05) is 25.0 Å². The van der Waals surface area contributed by atoms with Crippen molar-refractivity contribution in [1.82, 2.24) is 9.21 Å². The van der Waals surface area contributed by atoms with Gasteiger partial charge in [-0.1, -0.05) is 26.7 Å². The van der Waals surface area contributed by atoms with Gasteiger partial charge >= 0.3 is 0 Å². The third kappa shape index (κ3) is 5.53. The van der Waals surface area contributed by atoms with Crippen molar-refractivity contribution in [3.63, 3.8) is 0 Å². The lowest BCUT2D eigenvalue weighted by molar-refractivity contribution is -0.118. The fourth-order valence-electron chi connectivity index (χ4n) is 3.76. The van der Waals surface area contributed by atoms with Crippen molar-refractivity contribution in [2.45, 2.75) is 70.4 Å². The zero-order valence-corrected chi connectivity index (χ0v) is 17.8. The zero-order valence-electron chi connectivity index (χ0n) is 16.9. The summed E-state index contributed by atoms with van der Waals surface area (Å²) < 4.78 is 26.5. The standard InChI is InChI=1S/C20H33N3O3S/c1-5-22(6-2)27(25,26)19-13-11-17(12-14-19)21-20(24)15-23(16(3)4)18-9-7-8-10-18/h11-14,16,18H,5-10,15H2,1-4H3,(H,21,24). The molecule has 1 aliphatic rings. The van der Waals surface area contributed by atoms with E-state index in [1.165, 1.54) is 17.1 Å². The number of hydrogen-bond donors (Lipinski definition) is 1. The van der Waals surface area contributed by atoms with Crippen LogP contribution in [0.4, 0.5) is 5.69 Å². The second-order valence-electron chi connectivity index (χ2n) is 7.37. The summed E-state index contributed by atoms with van der Waals surface area (Å²) in [6.45, 7) is 9.12. The van der Waals surface area contributed by atoms with Crippen molar-refractivity contribution in [1.29, 1.82) is 0 Å². The number of nitrogens with zero attached hydrogens (tertiary/aromatic N) is 2. The maximum absolute atomic E-state index is 12.5. The van der Waals surface area contributed by atoms with Crippen LogP contribution in [0, 0.1) is 0 Å². The maximum atomic E-state index is 12.5. The molecule has 1 aliphatic carbocycles. The molecule has 0 aliphatic heterocycles. The van der Waals surface area contributed by atoms with Crippen LogP contribution >= 0.6 is 0 Å². The zero-order chi connectivity index (χ0) is 20.0. The van der Waals surface area contributed by atoms with Crippen molar-refractivity contribution in [2.24, 2.45) is 0 Å². The van der Waals surface area contributed by atoms with Crippen LogP contribution in [0.5, 0.6) is 0 Å². The average molecular weight is 396 g/mol. The van der Waals surface area contributed by atoms with Gasteiger partial charge in [-0.2, -0.15) is 4.31 Å². The first kappa shape index (κ1) is 21.9. The SMILES string of the molecule is CCN(CC)S(=O)(=O)c1ccc(NC(=O)CN(C(C)C)C2CCCC2)cc1. The van der Waals surface area contributed by atoms with E-state index in [0.29, 0.717) is 37.4 Å². The summed E-state index contributed by atoms with van der Waals surface area (Å²) in [7, 11) is -3.48. The van der Waals surface area contributed by atoms with Gasteiger partial charge in [0.05, 0.1) is 11.4 Å². The van der Waals surface area contributed by atoms with Crippen LogP contribution in [0.15, 0.2) is 29.2 Å². The number of nitrogens with one attached hydrogen (secondary N) is 1. The van der Waals surface area contributed by atoms with Gasteiger partial charge in [-0.05, 0) is 51.0 Å². The van der Waals surface area contributed by atoms with Gasteiger partial charge in [0, 0.05) is 30.9 Å². The number of hydrogen-bond acceptors (Lipinski definition) is 4. The smallest absolute Gasteiger partial charge is 0.243 e. The number of carbonyl (C=O) groups excluding carboxylic acids is 1. The minimum Gasteiger partial charge on any atom is -0.325 e. The average Bonchev–Trinajstić information content (AvgIpc) is 3.15. The summed E-state index contributed by atoms with van der Waals surface area (Å²) >= 11 is 0. The lowest BCUT2D eigenvalue weighted by atomic mass is 10.1. The second kappa shape index (κ2) is 9.66. The highest BCUT2D eigenvalue weighted by molar-refractivity contribution is 7.89. The predicted molar refractivity (Wildman–Crippen MR) is 109 cm³/mol. The first-order chi connectivity index (χ1) is 12.8. The van der Waals surface area contributed by atoms with E-state index < -0.39 is 10.0 Å². The Morgan fingerprint density at radius 3 is 2.15 bits per heavy atom. The molecule has 0 aromatic heterocycles. The summed E-state index contributed by atoms with van der Waals surface area (Å²) in [5, 5.41) is 2.90. The largest absolute Gasteiger partial charge is 0.325 e. The van der Waals surface area contributed by atoms with Crippen LogP contribution in [0.1, 0.15) is 53.4 Å². The van der Waals surface area contributed by atoms with Gasteiger partial charge in [-0.15, -0.1) is 0 Å². The minimum atomic E-state index is -3.48. The third-order valence-electron chi connectivity index (χ3n) is 5.26. The summed E-state index contributed by atoms with van der Waals surface area (Å²) in [6.07, 6.45) is 4.78. The highest BCUT2D eigenvalue weighted by atomic mass is 32.2. The molecule has 6 nitrogen and oxygen atoms in total. The summed E-state index contributed by atoms with van der Waals surface area (Å²) in [5.74, 6) is -0.0602. The topological polar surface area (TPSA) is 69.7 Å². The fourth-order valence-corrected chi connectivity index (χ4v) is 5.22. The number of rotatable bonds is 9. The minimum absolute atomic E-state index is 0.0602. The molecular formula is C20H33N3O3S. The molecule has 1 aromatic rings. The van der Waals surface area contributed by atoms with E-state index in [-0.39, 0.29) is 10.8 Å². The van der Waals surface area contributed by atoms with E-state index in [2.05, 4.69) is 24.1 Å². The maximum Gasteiger partial charge on any atom is 0.243 e. The van der Waals surface area contributed by atoms with Crippen molar-refractivity contribution in [3.05, 3.63) is 24.3 Å². The Kier molecular flexibility index (Phi) is 7.82. The highest BCUT2D eigenvalue weighted by Crippen LogP contribution is 2.25. The van der Waals surface area contributed by atoms with E-state index in [4.69, 9.17) is 0 Å². The van der Waals surface area contributed by atoms with Gasteiger partial charge in [0.2, 0.25) is 15.9 Å². The number of anilines is 1. The van der Waals surface area contributed by atoms with Crippen molar-refractivity contribution >= 4 is 21.6 Å². The molecule has 152 valence electrons. The molecule has 1 N–H and O–H groups in total. The van der Waals surface area contributed by atoms with Gasteiger partial charge in [-0.25, -0.2) is 8.42 Å². The van der Waals surface area contributed by atoms with Crippen LogP contribution in [-0.4, -0.2) is 55.2 Å². The molecule has 1 fully saturated rings. The molecular weight excluding hydrogens is 362 g/mol. The Bertz CT molecular complexity index is 706. The molecule has 1 saturated carbocycles. The Hall–Kier alpha value is -1.44. The van der Waals surface area contributed by atoms with Crippen LogP contribution in [0.3, 0.4) is 0 Å². The van der Waals surface area contributed by atoms with Crippen molar-refractivity contribution in [3.8, 4) is 0 Å². The van der Waals surface area contributed by atoms with E-state index in [1.807, 2.05) is 13.8 Å². The molecule has 1 amide bonds. The normalized spacial score (nSPS) is 15.8. The Morgan fingerprint density at radius 2 is 1.67 bits per heavy atom. The predicted octanol–water partition coefficient (Wildman–Crippen LogP) is 3.31. The van der Waals surface area contributed by atoms with Gasteiger partial charge in [-0.3, -0.25) is 9.69 Å². The Labute approximate surface area is 164 Å². The first-order valence-electron chi connectivity index (χ1n) is 9.95. The van der Waals surface area contributed by atoms with Crippen LogP contribution < -0.4 is 5.32 Å². The molecule has 0 heterocycles. The van der Waals surface area contributed by atoms with Gasteiger partial charge in [0.1, 0.15) is 0 Å². The quantitative estimate of drug-likeness (QED) is 0.696. The number of sulfonamides is 1. The van der Waals surface area contributed by atoms with Gasteiger partial charge in [0.25, 0.3) is 0 Å². The monoisotopic (exact) mass is 395 g/mol. The molecule has 0 spiro atoms. The molecule has 2 rings (SSSR count). The molecule has 1 aromatic carbocycles. The van der Waals surface area contributed by atoms with E-state index in [9.17, 15) is 13.2 Å². The fraction of sp³-hybridized carbons (Fsp3) is 0.650. The van der Waals surface area contributed by atoms with Crippen LogP contribution in [0.25, 0.3) is 0 Å². The van der Waals surface area contributed by atoms with E-state index in [0.717, 1.165) is 12.8 Å². The molecule has 0 unspecified atom stereocenters. The van der Waals surface area contributed by atoms with E-state index in [1.54, 1.807) is 24.3 Å².